The molecule has 1 fully saturated rings. The van der Waals surface area contributed by atoms with Crippen LogP contribution in [0.5, 0.6) is 0 Å². The Hall–Kier alpha value is -2.27. The maximum Gasteiger partial charge on any atom is 0.274 e. The van der Waals surface area contributed by atoms with Crippen molar-refractivity contribution in [2.45, 2.75) is 26.3 Å². The third-order valence-electron chi connectivity index (χ3n) is 4.49. The first-order valence-corrected chi connectivity index (χ1v) is 8.50. The molecule has 24 heavy (non-hydrogen) atoms. The molecule has 0 unspecified atom stereocenters. The third kappa shape index (κ3) is 3.97. The fraction of sp³-hybridized carbons (Fsp3) is 0.421. The number of nitrogens with zero attached hydrogens (tertiary/aromatic N) is 4. The van der Waals surface area contributed by atoms with E-state index in [1.807, 2.05) is 4.90 Å². The van der Waals surface area contributed by atoms with Crippen LogP contribution in [0.25, 0.3) is 0 Å². The third-order valence-corrected chi connectivity index (χ3v) is 4.49. The van der Waals surface area contributed by atoms with E-state index in [0.717, 1.165) is 32.7 Å². The number of benzene rings is 1. The number of hydrogen-bond acceptors (Lipinski definition) is 4. The van der Waals surface area contributed by atoms with E-state index in [1.54, 1.807) is 12.4 Å². The average molecular weight is 324 g/mol. The van der Waals surface area contributed by atoms with E-state index in [4.69, 9.17) is 0 Å². The number of carbonyl (C=O) groups excluding carboxylic acids is 1. The molecule has 1 aliphatic rings. The molecule has 0 bridgehead atoms. The van der Waals surface area contributed by atoms with E-state index in [-0.39, 0.29) is 5.91 Å². The highest BCUT2D eigenvalue weighted by atomic mass is 16.2. The van der Waals surface area contributed by atoms with Gasteiger partial charge in [0.1, 0.15) is 5.69 Å². The SMILES string of the molecule is CC(C)c1ccc(CN2CCN(C(=O)c3cnccn3)CC2)cc1. The Bertz CT molecular complexity index is 662. The minimum absolute atomic E-state index is 0.0240. The zero-order valence-corrected chi connectivity index (χ0v) is 14.4. The summed E-state index contributed by atoms with van der Waals surface area (Å²) in [5.41, 5.74) is 3.13. The molecule has 126 valence electrons. The lowest BCUT2D eigenvalue weighted by atomic mass is 10.0. The second kappa shape index (κ2) is 7.53. The summed E-state index contributed by atoms with van der Waals surface area (Å²) >= 11 is 0. The zero-order chi connectivity index (χ0) is 16.9. The Morgan fingerprint density at radius 1 is 1.08 bits per heavy atom. The number of amides is 1. The fourth-order valence-electron chi connectivity index (χ4n) is 2.95. The fourth-order valence-corrected chi connectivity index (χ4v) is 2.95. The van der Waals surface area contributed by atoms with E-state index in [1.165, 1.54) is 17.3 Å². The van der Waals surface area contributed by atoms with E-state index in [0.29, 0.717) is 11.6 Å². The first-order valence-electron chi connectivity index (χ1n) is 8.50. The van der Waals surface area contributed by atoms with Gasteiger partial charge in [0.25, 0.3) is 5.91 Å². The quantitative estimate of drug-likeness (QED) is 0.867. The molecule has 0 atom stereocenters. The van der Waals surface area contributed by atoms with Crippen molar-refractivity contribution >= 4 is 5.91 Å². The van der Waals surface area contributed by atoms with E-state index in [9.17, 15) is 4.79 Å². The monoisotopic (exact) mass is 324 g/mol. The molecule has 1 amide bonds. The van der Waals surface area contributed by atoms with E-state index < -0.39 is 0 Å². The Labute approximate surface area is 143 Å². The van der Waals surface area contributed by atoms with Gasteiger partial charge in [0.05, 0.1) is 6.20 Å². The van der Waals surface area contributed by atoms with Gasteiger partial charge in [0.15, 0.2) is 0 Å². The zero-order valence-electron chi connectivity index (χ0n) is 14.4. The van der Waals surface area contributed by atoms with Gasteiger partial charge in [0.2, 0.25) is 0 Å². The smallest absolute Gasteiger partial charge is 0.274 e. The van der Waals surface area contributed by atoms with Crippen molar-refractivity contribution in [2.75, 3.05) is 26.2 Å². The Morgan fingerprint density at radius 3 is 2.38 bits per heavy atom. The lowest BCUT2D eigenvalue weighted by molar-refractivity contribution is 0.0622. The van der Waals surface area contributed by atoms with Crippen molar-refractivity contribution in [3.8, 4) is 0 Å². The molecule has 5 nitrogen and oxygen atoms in total. The molecule has 2 heterocycles. The second-order valence-corrected chi connectivity index (χ2v) is 6.56. The predicted octanol–water partition coefficient (Wildman–Crippen LogP) is 2.56. The van der Waals surface area contributed by atoms with E-state index >= 15 is 0 Å². The highest BCUT2D eigenvalue weighted by Gasteiger charge is 2.22. The van der Waals surface area contributed by atoms with Crippen LogP contribution in [0.2, 0.25) is 0 Å². The van der Waals surface area contributed by atoms with Crippen LogP contribution in [0.4, 0.5) is 0 Å². The Morgan fingerprint density at radius 2 is 1.79 bits per heavy atom. The number of carbonyl (C=O) groups is 1. The van der Waals surface area contributed by atoms with Crippen LogP contribution in [0.3, 0.4) is 0 Å². The lowest BCUT2D eigenvalue weighted by Crippen LogP contribution is -2.48. The number of rotatable bonds is 4. The van der Waals surface area contributed by atoms with Crippen molar-refractivity contribution in [2.24, 2.45) is 0 Å². The van der Waals surface area contributed by atoms with Gasteiger partial charge in [-0.15, -0.1) is 0 Å². The topological polar surface area (TPSA) is 49.3 Å². The van der Waals surface area contributed by atoms with Crippen molar-refractivity contribution in [3.63, 3.8) is 0 Å². The van der Waals surface area contributed by atoms with Gasteiger partial charge in [-0.25, -0.2) is 4.98 Å². The molecular weight excluding hydrogens is 300 g/mol. The summed E-state index contributed by atoms with van der Waals surface area (Å²) in [7, 11) is 0. The van der Waals surface area contributed by atoms with Gasteiger partial charge in [-0.3, -0.25) is 14.7 Å². The minimum Gasteiger partial charge on any atom is -0.335 e. The van der Waals surface area contributed by atoms with Gasteiger partial charge >= 0.3 is 0 Å². The molecule has 0 radical (unpaired) electrons. The van der Waals surface area contributed by atoms with Crippen molar-refractivity contribution in [3.05, 3.63) is 59.7 Å². The summed E-state index contributed by atoms with van der Waals surface area (Å²) in [5, 5.41) is 0. The highest BCUT2D eigenvalue weighted by Crippen LogP contribution is 2.16. The maximum absolute atomic E-state index is 12.4. The molecule has 1 aliphatic heterocycles. The molecule has 0 aliphatic carbocycles. The number of aromatic nitrogens is 2. The number of piperazine rings is 1. The maximum atomic E-state index is 12.4. The van der Waals surface area contributed by atoms with Crippen LogP contribution >= 0.6 is 0 Å². The molecule has 1 aromatic carbocycles. The molecule has 2 aromatic rings. The van der Waals surface area contributed by atoms with Crippen molar-refractivity contribution in [1.29, 1.82) is 0 Å². The van der Waals surface area contributed by atoms with Crippen LogP contribution in [0, 0.1) is 0 Å². The van der Waals surface area contributed by atoms with Crippen molar-refractivity contribution in [1.82, 2.24) is 19.8 Å². The highest BCUT2D eigenvalue weighted by molar-refractivity contribution is 5.92. The molecule has 5 heteroatoms. The largest absolute Gasteiger partial charge is 0.335 e. The minimum atomic E-state index is -0.0240. The Kier molecular flexibility index (Phi) is 5.20. The standard InChI is InChI=1S/C19H24N4O/c1-15(2)17-5-3-16(4-6-17)14-22-9-11-23(12-10-22)19(24)18-13-20-7-8-21-18/h3-8,13,15H,9-12,14H2,1-2H3. The molecule has 3 rings (SSSR count). The van der Waals surface area contributed by atoms with Gasteiger partial charge in [-0.05, 0) is 17.0 Å². The summed E-state index contributed by atoms with van der Waals surface area (Å²) in [5.74, 6) is 0.540. The summed E-state index contributed by atoms with van der Waals surface area (Å²) in [6, 6.07) is 8.86. The summed E-state index contributed by atoms with van der Waals surface area (Å²) in [6.07, 6.45) is 4.68. The molecule has 0 saturated carbocycles. The van der Waals surface area contributed by atoms with Crippen LogP contribution < -0.4 is 0 Å². The summed E-state index contributed by atoms with van der Waals surface area (Å²) < 4.78 is 0. The molecular formula is C19H24N4O. The predicted molar refractivity (Wildman–Crippen MR) is 93.7 cm³/mol. The average Bonchev–Trinajstić information content (AvgIpc) is 2.63. The summed E-state index contributed by atoms with van der Waals surface area (Å²) in [4.78, 5) is 24.7. The van der Waals surface area contributed by atoms with Crippen LogP contribution in [-0.2, 0) is 6.54 Å². The van der Waals surface area contributed by atoms with Crippen LogP contribution in [-0.4, -0.2) is 51.9 Å². The van der Waals surface area contributed by atoms with E-state index in [2.05, 4.69) is 53.0 Å². The molecule has 1 saturated heterocycles. The Balaban J connectivity index is 1.52. The van der Waals surface area contributed by atoms with Crippen molar-refractivity contribution < 1.29 is 4.79 Å². The normalized spacial score (nSPS) is 15.7. The van der Waals surface area contributed by atoms with Crippen LogP contribution in [0.1, 0.15) is 41.4 Å². The first-order chi connectivity index (χ1) is 11.6. The van der Waals surface area contributed by atoms with Gasteiger partial charge in [0, 0.05) is 45.1 Å². The van der Waals surface area contributed by atoms with Crippen LogP contribution in [0.15, 0.2) is 42.9 Å². The molecule has 0 spiro atoms. The first kappa shape index (κ1) is 16.6. The van der Waals surface area contributed by atoms with Gasteiger partial charge in [-0.1, -0.05) is 38.1 Å². The second-order valence-electron chi connectivity index (χ2n) is 6.56. The van der Waals surface area contributed by atoms with Gasteiger partial charge in [-0.2, -0.15) is 0 Å². The molecule has 0 N–H and O–H groups in total. The van der Waals surface area contributed by atoms with Gasteiger partial charge < -0.3 is 4.90 Å². The summed E-state index contributed by atoms with van der Waals surface area (Å²) in [6.45, 7) is 8.60. The number of hydrogen-bond donors (Lipinski definition) is 0. The lowest BCUT2D eigenvalue weighted by Gasteiger charge is -2.34. The molecule has 1 aromatic heterocycles.